The lowest BCUT2D eigenvalue weighted by atomic mass is 10.2. The van der Waals surface area contributed by atoms with E-state index in [0.29, 0.717) is 0 Å². The molecule has 1 aromatic rings. The molecule has 0 amide bonds. The van der Waals surface area contributed by atoms with Crippen LogP contribution in [0.15, 0.2) is 23.1 Å². The normalized spacial score (nSPS) is 12.0. The summed E-state index contributed by atoms with van der Waals surface area (Å²) < 4.78 is 38.8. The van der Waals surface area contributed by atoms with Crippen molar-refractivity contribution in [2.24, 2.45) is 5.92 Å². The number of hydrogen-bond acceptors (Lipinski definition) is 3. The summed E-state index contributed by atoms with van der Waals surface area (Å²) in [4.78, 5) is -0.215. The number of rotatable bonds is 4. The highest BCUT2D eigenvalue weighted by Gasteiger charge is 2.18. The molecule has 0 heterocycles. The van der Waals surface area contributed by atoms with Gasteiger partial charge in [-0.3, -0.25) is 0 Å². The van der Waals surface area contributed by atoms with Crippen molar-refractivity contribution < 1.29 is 12.8 Å². The van der Waals surface area contributed by atoms with E-state index >= 15 is 0 Å². The molecule has 16 heavy (non-hydrogen) atoms. The van der Waals surface area contributed by atoms with E-state index in [-0.39, 0.29) is 23.0 Å². The largest absolute Gasteiger partial charge is 0.398 e. The third-order valence-electron chi connectivity index (χ3n) is 1.95. The van der Waals surface area contributed by atoms with E-state index in [9.17, 15) is 12.8 Å². The lowest BCUT2D eigenvalue weighted by molar-refractivity contribution is 0.558. The van der Waals surface area contributed by atoms with Crippen LogP contribution in [0.3, 0.4) is 0 Å². The number of sulfonamides is 1. The van der Waals surface area contributed by atoms with E-state index in [1.165, 1.54) is 6.07 Å². The molecule has 4 nitrogen and oxygen atoms in total. The molecule has 6 heteroatoms. The summed E-state index contributed by atoms with van der Waals surface area (Å²) in [6.07, 6.45) is 0. The molecule has 1 aromatic carbocycles. The Morgan fingerprint density at radius 3 is 2.62 bits per heavy atom. The number of nitrogen functional groups attached to an aromatic ring is 1. The van der Waals surface area contributed by atoms with E-state index in [2.05, 4.69) is 4.72 Å². The van der Waals surface area contributed by atoms with Gasteiger partial charge in [0.25, 0.3) is 0 Å². The number of hydrogen-bond donors (Lipinski definition) is 2. The van der Waals surface area contributed by atoms with Crippen LogP contribution in [-0.2, 0) is 10.0 Å². The van der Waals surface area contributed by atoms with Gasteiger partial charge in [-0.15, -0.1) is 0 Å². The van der Waals surface area contributed by atoms with Crippen molar-refractivity contribution >= 4 is 15.7 Å². The Hall–Kier alpha value is -1.14. The summed E-state index contributed by atoms with van der Waals surface area (Å²) >= 11 is 0. The second-order valence-electron chi connectivity index (χ2n) is 3.93. The van der Waals surface area contributed by atoms with Crippen LogP contribution in [0.5, 0.6) is 0 Å². The summed E-state index contributed by atoms with van der Waals surface area (Å²) in [5.74, 6) is -0.455. The van der Waals surface area contributed by atoms with Gasteiger partial charge < -0.3 is 5.73 Å². The Kier molecular flexibility index (Phi) is 3.88. The van der Waals surface area contributed by atoms with Crippen LogP contribution in [0.4, 0.5) is 10.1 Å². The van der Waals surface area contributed by atoms with Gasteiger partial charge in [-0.2, -0.15) is 0 Å². The zero-order chi connectivity index (χ0) is 12.3. The first-order valence-electron chi connectivity index (χ1n) is 4.87. The molecule has 0 atom stereocenters. The van der Waals surface area contributed by atoms with Crippen molar-refractivity contribution in [3.63, 3.8) is 0 Å². The average molecular weight is 246 g/mol. The molecular formula is C10H15FN2O2S. The van der Waals surface area contributed by atoms with Crippen LogP contribution in [0.2, 0.25) is 0 Å². The maximum absolute atomic E-state index is 12.9. The fraction of sp³-hybridized carbons (Fsp3) is 0.400. The van der Waals surface area contributed by atoms with Gasteiger partial charge in [0.1, 0.15) is 10.7 Å². The SMILES string of the molecule is CC(C)CNS(=O)(=O)c1cc(F)ccc1N. The number of nitrogens with one attached hydrogen (secondary N) is 1. The zero-order valence-electron chi connectivity index (χ0n) is 9.20. The maximum Gasteiger partial charge on any atom is 0.242 e. The molecule has 0 aliphatic rings. The average Bonchev–Trinajstić information content (AvgIpc) is 2.19. The van der Waals surface area contributed by atoms with Crippen LogP contribution in [-0.4, -0.2) is 15.0 Å². The molecule has 0 radical (unpaired) electrons. The molecule has 0 bridgehead atoms. The van der Waals surface area contributed by atoms with E-state index < -0.39 is 15.8 Å². The van der Waals surface area contributed by atoms with Crippen molar-refractivity contribution in [2.75, 3.05) is 12.3 Å². The molecule has 0 aromatic heterocycles. The molecular weight excluding hydrogens is 231 g/mol. The lowest BCUT2D eigenvalue weighted by Crippen LogP contribution is -2.28. The predicted molar refractivity (Wildman–Crippen MR) is 60.8 cm³/mol. The lowest BCUT2D eigenvalue weighted by Gasteiger charge is -2.10. The first kappa shape index (κ1) is 12.9. The summed E-state index contributed by atoms with van der Waals surface area (Å²) in [6, 6.07) is 3.27. The third kappa shape index (κ3) is 3.18. The minimum Gasteiger partial charge on any atom is -0.398 e. The fourth-order valence-corrected chi connectivity index (χ4v) is 2.45. The van der Waals surface area contributed by atoms with Gasteiger partial charge in [0.05, 0.1) is 5.69 Å². The highest BCUT2D eigenvalue weighted by atomic mass is 32.2. The first-order chi connectivity index (χ1) is 7.33. The van der Waals surface area contributed by atoms with Crippen molar-refractivity contribution in [1.82, 2.24) is 4.72 Å². The third-order valence-corrected chi connectivity index (χ3v) is 3.43. The van der Waals surface area contributed by atoms with Gasteiger partial charge in [0, 0.05) is 6.54 Å². The molecule has 0 saturated carbocycles. The molecule has 1 rings (SSSR count). The summed E-state index contributed by atoms with van der Waals surface area (Å²) in [5, 5.41) is 0. The monoisotopic (exact) mass is 246 g/mol. The van der Waals surface area contributed by atoms with Crippen LogP contribution in [0.25, 0.3) is 0 Å². The molecule has 0 aliphatic carbocycles. The minimum absolute atomic E-state index is 0.0395. The van der Waals surface area contributed by atoms with Gasteiger partial charge in [-0.05, 0) is 24.1 Å². The van der Waals surface area contributed by atoms with Crippen LogP contribution >= 0.6 is 0 Å². The maximum atomic E-state index is 12.9. The summed E-state index contributed by atoms with van der Waals surface area (Å²) in [5.41, 5.74) is 5.54. The second-order valence-corrected chi connectivity index (χ2v) is 5.66. The Morgan fingerprint density at radius 2 is 2.06 bits per heavy atom. The zero-order valence-corrected chi connectivity index (χ0v) is 10.0. The first-order valence-corrected chi connectivity index (χ1v) is 6.36. The van der Waals surface area contributed by atoms with Gasteiger partial charge in [-0.1, -0.05) is 13.8 Å². The Morgan fingerprint density at radius 1 is 1.44 bits per heavy atom. The number of anilines is 1. The number of benzene rings is 1. The molecule has 90 valence electrons. The predicted octanol–water partition coefficient (Wildman–Crippen LogP) is 1.34. The summed E-state index contributed by atoms with van der Waals surface area (Å²) in [6.45, 7) is 4.03. The Labute approximate surface area is 94.7 Å². The topological polar surface area (TPSA) is 72.2 Å². The Bertz CT molecular complexity index is 472. The standard InChI is InChI=1S/C10H15FN2O2S/c1-7(2)6-13-16(14,15)10-5-8(11)3-4-9(10)12/h3-5,7,13H,6,12H2,1-2H3. The van der Waals surface area contributed by atoms with Gasteiger partial charge in [-0.25, -0.2) is 17.5 Å². The van der Waals surface area contributed by atoms with Crippen molar-refractivity contribution in [3.8, 4) is 0 Å². The second kappa shape index (κ2) is 4.80. The van der Waals surface area contributed by atoms with Crippen molar-refractivity contribution in [3.05, 3.63) is 24.0 Å². The minimum atomic E-state index is -3.72. The fourth-order valence-electron chi connectivity index (χ4n) is 1.10. The number of nitrogens with two attached hydrogens (primary N) is 1. The molecule has 0 aliphatic heterocycles. The molecule has 0 fully saturated rings. The van der Waals surface area contributed by atoms with Gasteiger partial charge >= 0.3 is 0 Å². The van der Waals surface area contributed by atoms with E-state index in [0.717, 1.165) is 12.1 Å². The number of halogens is 1. The van der Waals surface area contributed by atoms with Gasteiger partial charge in [0.2, 0.25) is 10.0 Å². The molecule has 0 unspecified atom stereocenters. The van der Waals surface area contributed by atoms with Crippen LogP contribution < -0.4 is 10.5 Å². The van der Waals surface area contributed by atoms with Crippen LogP contribution in [0, 0.1) is 11.7 Å². The smallest absolute Gasteiger partial charge is 0.242 e. The molecule has 0 saturated heterocycles. The highest BCUT2D eigenvalue weighted by molar-refractivity contribution is 7.89. The Balaban J connectivity index is 3.02. The van der Waals surface area contributed by atoms with Crippen LogP contribution in [0.1, 0.15) is 13.8 Å². The molecule has 0 spiro atoms. The van der Waals surface area contributed by atoms with E-state index in [1.54, 1.807) is 0 Å². The van der Waals surface area contributed by atoms with Crippen molar-refractivity contribution in [2.45, 2.75) is 18.7 Å². The quantitative estimate of drug-likeness (QED) is 0.787. The van der Waals surface area contributed by atoms with E-state index in [4.69, 9.17) is 5.73 Å². The van der Waals surface area contributed by atoms with E-state index in [1.807, 2.05) is 13.8 Å². The van der Waals surface area contributed by atoms with Gasteiger partial charge in [0.15, 0.2) is 0 Å². The highest BCUT2D eigenvalue weighted by Crippen LogP contribution is 2.18. The van der Waals surface area contributed by atoms with Crippen molar-refractivity contribution in [1.29, 1.82) is 0 Å². The molecule has 3 N–H and O–H groups in total. The summed E-state index contributed by atoms with van der Waals surface area (Å²) in [7, 11) is -3.72.